The highest BCUT2D eigenvalue weighted by Crippen LogP contribution is 2.31. The number of ether oxygens (including phenoxy) is 3. The average Bonchev–Trinajstić information content (AvgIpc) is 3.16. The molecule has 9 nitrogen and oxygen atoms in total. The van der Waals surface area contributed by atoms with Crippen LogP contribution in [0.25, 0.3) is 10.9 Å². The fourth-order valence-electron chi connectivity index (χ4n) is 2.88. The third kappa shape index (κ3) is 6.84. The number of hydrogen-bond donors (Lipinski definition) is 3. The van der Waals surface area contributed by atoms with Crippen molar-refractivity contribution in [2.75, 3.05) is 61.7 Å². The van der Waals surface area contributed by atoms with E-state index in [-0.39, 0.29) is 12.5 Å². The zero-order chi connectivity index (χ0) is 21.9. The van der Waals surface area contributed by atoms with Gasteiger partial charge in [0.15, 0.2) is 5.96 Å². The molecule has 0 radical (unpaired) electrons. The minimum absolute atomic E-state index is 0.0507. The van der Waals surface area contributed by atoms with Crippen molar-refractivity contribution in [3.8, 4) is 11.5 Å². The zero-order valence-electron chi connectivity index (χ0n) is 18.5. The molecular weight excluding hydrogens is 386 g/mol. The molecule has 3 N–H and O–H groups in total. The first-order chi connectivity index (χ1) is 14.5. The van der Waals surface area contributed by atoms with Crippen LogP contribution in [0.2, 0.25) is 0 Å². The van der Waals surface area contributed by atoms with E-state index in [2.05, 4.69) is 26.7 Å². The standard InChI is InChI=1S/C21H33N5O4/c1-26(2)20(27)14-24-21(23-9-10-28-3)22-8-6-7-15-11-17-18(25-15)12-16(29-4)13-19(17)30-5/h11-13,25H,6-10,14H2,1-5H3,(H2,22,23,24). The highest BCUT2D eigenvalue weighted by Gasteiger charge is 2.09. The van der Waals surface area contributed by atoms with Crippen LogP contribution < -0.4 is 20.1 Å². The van der Waals surface area contributed by atoms with Gasteiger partial charge in [-0.2, -0.15) is 0 Å². The van der Waals surface area contributed by atoms with Gasteiger partial charge in [0.25, 0.3) is 0 Å². The van der Waals surface area contributed by atoms with Crippen LogP contribution in [0.15, 0.2) is 23.2 Å². The van der Waals surface area contributed by atoms with Crippen molar-refractivity contribution in [3.63, 3.8) is 0 Å². The molecule has 0 unspecified atom stereocenters. The van der Waals surface area contributed by atoms with E-state index in [4.69, 9.17) is 14.2 Å². The van der Waals surface area contributed by atoms with Gasteiger partial charge >= 0.3 is 0 Å². The second-order valence-corrected chi connectivity index (χ2v) is 6.99. The second kappa shape index (κ2) is 11.9. The Bertz CT molecular complexity index is 847. The summed E-state index contributed by atoms with van der Waals surface area (Å²) >= 11 is 0. The van der Waals surface area contributed by atoms with Crippen LogP contribution in [0.4, 0.5) is 0 Å². The van der Waals surface area contributed by atoms with Crippen molar-refractivity contribution in [1.29, 1.82) is 0 Å². The van der Waals surface area contributed by atoms with Crippen molar-refractivity contribution in [1.82, 2.24) is 20.5 Å². The molecule has 2 rings (SSSR count). The lowest BCUT2D eigenvalue weighted by Crippen LogP contribution is -2.40. The molecule has 0 fully saturated rings. The number of fused-ring (bicyclic) bond motifs is 1. The summed E-state index contributed by atoms with van der Waals surface area (Å²) in [4.78, 5) is 21.1. The number of nitrogens with one attached hydrogen (secondary N) is 3. The fraction of sp³-hybridized carbons (Fsp3) is 0.524. The van der Waals surface area contributed by atoms with Gasteiger partial charge in [-0.1, -0.05) is 0 Å². The highest BCUT2D eigenvalue weighted by atomic mass is 16.5. The maximum atomic E-state index is 11.8. The molecule has 9 heteroatoms. The first kappa shape index (κ1) is 23.3. The van der Waals surface area contributed by atoms with Crippen molar-refractivity contribution in [3.05, 3.63) is 23.9 Å². The molecule has 0 aliphatic carbocycles. The third-order valence-corrected chi connectivity index (χ3v) is 4.57. The van der Waals surface area contributed by atoms with E-state index in [0.717, 1.165) is 40.9 Å². The molecule has 1 aromatic heterocycles. The molecule has 2 aromatic rings. The molecule has 0 atom stereocenters. The monoisotopic (exact) mass is 419 g/mol. The van der Waals surface area contributed by atoms with Crippen LogP contribution in [-0.4, -0.2) is 83.4 Å². The van der Waals surface area contributed by atoms with Gasteiger partial charge in [0.05, 0.1) is 26.3 Å². The van der Waals surface area contributed by atoms with Gasteiger partial charge in [-0.15, -0.1) is 0 Å². The van der Waals surface area contributed by atoms with Gasteiger partial charge in [0, 0.05) is 57.5 Å². The number of carbonyl (C=O) groups excluding carboxylic acids is 1. The van der Waals surface area contributed by atoms with Crippen LogP contribution in [0.5, 0.6) is 11.5 Å². The van der Waals surface area contributed by atoms with Crippen LogP contribution >= 0.6 is 0 Å². The number of carbonyl (C=O) groups is 1. The minimum atomic E-state index is -0.0507. The summed E-state index contributed by atoms with van der Waals surface area (Å²) in [7, 11) is 8.38. The predicted octanol–water partition coefficient (Wildman–Crippen LogP) is 1.39. The number of H-pyrrole nitrogens is 1. The highest BCUT2D eigenvalue weighted by molar-refractivity contribution is 5.88. The molecule has 1 amide bonds. The van der Waals surface area contributed by atoms with E-state index in [9.17, 15) is 4.79 Å². The maximum absolute atomic E-state index is 11.8. The molecular formula is C21H33N5O4. The number of aromatic nitrogens is 1. The minimum Gasteiger partial charge on any atom is -0.497 e. The molecule has 1 heterocycles. The third-order valence-electron chi connectivity index (χ3n) is 4.57. The van der Waals surface area contributed by atoms with E-state index >= 15 is 0 Å². The summed E-state index contributed by atoms with van der Waals surface area (Å²) in [5.74, 6) is 2.09. The smallest absolute Gasteiger partial charge is 0.243 e. The SMILES string of the molecule is COCCNC(=NCC(=O)N(C)C)NCCCc1cc2c(OC)cc(OC)cc2[nH]1. The number of guanidine groups is 1. The topological polar surface area (TPSA) is 100 Å². The Balaban J connectivity index is 1.93. The van der Waals surface area contributed by atoms with Crippen LogP contribution in [0.3, 0.4) is 0 Å². The first-order valence-corrected chi connectivity index (χ1v) is 9.93. The number of amides is 1. The Hall–Kier alpha value is -2.94. The zero-order valence-corrected chi connectivity index (χ0v) is 18.5. The first-order valence-electron chi connectivity index (χ1n) is 9.93. The number of rotatable bonds is 11. The van der Waals surface area contributed by atoms with Gasteiger partial charge in [-0.25, -0.2) is 4.99 Å². The second-order valence-electron chi connectivity index (χ2n) is 6.99. The lowest BCUT2D eigenvalue weighted by atomic mass is 10.2. The Labute approximate surface area is 177 Å². The van der Waals surface area contributed by atoms with Crippen molar-refractivity contribution in [2.45, 2.75) is 12.8 Å². The normalized spacial score (nSPS) is 11.4. The van der Waals surface area contributed by atoms with E-state index in [1.165, 1.54) is 4.90 Å². The summed E-state index contributed by atoms with van der Waals surface area (Å²) in [5.41, 5.74) is 2.10. The maximum Gasteiger partial charge on any atom is 0.243 e. The van der Waals surface area contributed by atoms with Crippen LogP contribution in [-0.2, 0) is 16.0 Å². The lowest BCUT2D eigenvalue weighted by molar-refractivity contribution is -0.127. The molecule has 0 aliphatic rings. The van der Waals surface area contributed by atoms with Crippen molar-refractivity contribution < 1.29 is 19.0 Å². The Morgan fingerprint density at radius 2 is 1.87 bits per heavy atom. The Kier molecular flexibility index (Phi) is 9.27. The number of nitrogens with zero attached hydrogens (tertiary/aromatic N) is 2. The van der Waals surface area contributed by atoms with Crippen LogP contribution in [0, 0.1) is 0 Å². The summed E-state index contributed by atoms with van der Waals surface area (Å²) in [5, 5.41) is 7.47. The number of aliphatic imine (C=N–C) groups is 1. The lowest BCUT2D eigenvalue weighted by Gasteiger charge is -2.13. The van der Waals surface area contributed by atoms with Crippen molar-refractivity contribution >= 4 is 22.8 Å². The van der Waals surface area contributed by atoms with Gasteiger partial charge in [-0.05, 0) is 18.9 Å². The number of benzene rings is 1. The number of hydrogen-bond acceptors (Lipinski definition) is 5. The number of aromatic amines is 1. The average molecular weight is 420 g/mol. The van der Waals surface area contributed by atoms with E-state index in [0.29, 0.717) is 25.7 Å². The Morgan fingerprint density at radius 3 is 2.53 bits per heavy atom. The van der Waals surface area contributed by atoms with Gasteiger partial charge in [-0.3, -0.25) is 4.79 Å². The molecule has 0 saturated heterocycles. The van der Waals surface area contributed by atoms with Crippen LogP contribution in [0.1, 0.15) is 12.1 Å². The molecule has 0 spiro atoms. The van der Waals surface area contributed by atoms with Crippen molar-refractivity contribution in [2.24, 2.45) is 4.99 Å². The molecule has 1 aromatic carbocycles. The van der Waals surface area contributed by atoms with E-state index < -0.39 is 0 Å². The largest absolute Gasteiger partial charge is 0.497 e. The summed E-state index contributed by atoms with van der Waals surface area (Å²) in [6.45, 7) is 1.98. The summed E-state index contributed by atoms with van der Waals surface area (Å²) < 4.78 is 15.9. The molecule has 0 bridgehead atoms. The van der Waals surface area contributed by atoms with E-state index in [1.54, 1.807) is 35.4 Å². The number of aryl methyl sites for hydroxylation is 1. The predicted molar refractivity (Wildman–Crippen MR) is 119 cm³/mol. The fourth-order valence-corrected chi connectivity index (χ4v) is 2.88. The molecule has 0 saturated carbocycles. The summed E-state index contributed by atoms with van der Waals surface area (Å²) in [6.07, 6.45) is 1.74. The molecule has 30 heavy (non-hydrogen) atoms. The number of likely N-dealkylation sites (N-methyl/N-ethyl adjacent to an activating group) is 1. The molecule has 166 valence electrons. The van der Waals surface area contributed by atoms with Gasteiger partial charge in [0.2, 0.25) is 5.91 Å². The summed E-state index contributed by atoms with van der Waals surface area (Å²) in [6, 6.07) is 5.95. The number of methoxy groups -OCH3 is 3. The Morgan fingerprint density at radius 1 is 1.10 bits per heavy atom. The van der Waals surface area contributed by atoms with E-state index in [1.807, 2.05) is 12.1 Å². The van der Waals surface area contributed by atoms with Gasteiger partial charge < -0.3 is 34.7 Å². The molecule has 0 aliphatic heterocycles. The van der Waals surface area contributed by atoms with Gasteiger partial charge in [0.1, 0.15) is 18.0 Å². The quantitative estimate of drug-likeness (QED) is 0.289.